The molecule has 0 amide bonds. The standard InChI is InChI=1S/C19H19NS/c1-15(16-8-4-2-5-9-16)20-14-18-12-13-19(21-18)17-10-6-3-7-11-17/h2-13,15,20H,14H2,1H3/t15-/m0/s1. The highest BCUT2D eigenvalue weighted by Gasteiger charge is 2.06. The Labute approximate surface area is 130 Å². The normalized spacial score (nSPS) is 12.2. The predicted octanol–water partition coefficient (Wildman–Crippen LogP) is 5.27. The van der Waals surface area contributed by atoms with E-state index in [1.54, 1.807) is 0 Å². The van der Waals surface area contributed by atoms with Crippen LogP contribution in [0.3, 0.4) is 0 Å². The Balaban J connectivity index is 1.63. The lowest BCUT2D eigenvalue weighted by Crippen LogP contribution is -2.17. The summed E-state index contributed by atoms with van der Waals surface area (Å²) in [5.74, 6) is 0. The minimum Gasteiger partial charge on any atom is -0.305 e. The third-order valence-corrected chi connectivity index (χ3v) is 4.74. The van der Waals surface area contributed by atoms with Crippen molar-refractivity contribution in [2.45, 2.75) is 19.5 Å². The third-order valence-electron chi connectivity index (χ3n) is 3.60. The molecule has 3 aromatic rings. The smallest absolute Gasteiger partial charge is 0.0346 e. The van der Waals surface area contributed by atoms with Crippen molar-refractivity contribution in [1.82, 2.24) is 5.32 Å². The van der Waals surface area contributed by atoms with E-state index in [2.05, 4.69) is 85.0 Å². The summed E-state index contributed by atoms with van der Waals surface area (Å²) in [6, 6.07) is 25.9. The van der Waals surface area contributed by atoms with Gasteiger partial charge in [-0.05, 0) is 30.2 Å². The van der Waals surface area contributed by atoms with E-state index in [1.165, 1.54) is 20.9 Å². The second-order valence-corrected chi connectivity index (χ2v) is 6.31. The molecule has 3 rings (SSSR count). The topological polar surface area (TPSA) is 12.0 Å². The molecular weight excluding hydrogens is 274 g/mol. The van der Waals surface area contributed by atoms with Crippen LogP contribution in [0.25, 0.3) is 10.4 Å². The van der Waals surface area contributed by atoms with Gasteiger partial charge in [0, 0.05) is 22.3 Å². The average Bonchev–Trinajstić information content (AvgIpc) is 3.03. The molecule has 0 aliphatic carbocycles. The number of hydrogen-bond donors (Lipinski definition) is 1. The minimum absolute atomic E-state index is 0.369. The van der Waals surface area contributed by atoms with Crippen molar-refractivity contribution >= 4 is 11.3 Å². The van der Waals surface area contributed by atoms with Crippen molar-refractivity contribution in [1.29, 1.82) is 0 Å². The highest BCUT2D eigenvalue weighted by atomic mass is 32.1. The molecule has 0 fully saturated rings. The van der Waals surface area contributed by atoms with Gasteiger partial charge in [-0.1, -0.05) is 60.7 Å². The van der Waals surface area contributed by atoms with Crippen LogP contribution < -0.4 is 5.32 Å². The molecule has 1 nitrogen and oxygen atoms in total. The molecule has 1 heterocycles. The lowest BCUT2D eigenvalue weighted by Gasteiger charge is -2.13. The Hall–Kier alpha value is -1.90. The number of hydrogen-bond acceptors (Lipinski definition) is 2. The van der Waals surface area contributed by atoms with Crippen molar-refractivity contribution in [3.63, 3.8) is 0 Å². The Bertz CT molecular complexity index is 673. The molecule has 0 aliphatic rings. The Kier molecular flexibility index (Phi) is 4.49. The van der Waals surface area contributed by atoms with Gasteiger partial charge in [0.05, 0.1) is 0 Å². The van der Waals surface area contributed by atoms with Gasteiger partial charge < -0.3 is 5.32 Å². The predicted molar refractivity (Wildman–Crippen MR) is 91.5 cm³/mol. The molecule has 0 saturated heterocycles. The highest BCUT2D eigenvalue weighted by Crippen LogP contribution is 2.28. The first-order chi connectivity index (χ1) is 10.3. The molecule has 2 heteroatoms. The van der Waals surface area contributed by atoms with Crippen LogP contribution in [0, 0.1) is 0 Å². The van der Waals surface area contributed by atoms with Crippen molar-refractivity contribution < 1.29 is 0 Å². The fourth-order valence-corrected chi connectivity index (χ4v) is 3.31. The van der Waals surface area contributed by atoms with Crippen LogP contribution in [-0.4, -0.2) is 0 Å². The average molecular weight is 293 g/mol. The van der Waals surface area contributed by atoms with E-state index < -0.39 is 0 Å². The summed E-state index contributed by atoms with van der Waals surface area (Å²) in [7, 11) is 0. The van der Waals surface area contributed by atoms with E-state index in [1.807, 2.05) is 11.3 Å². The number of benzene rings is 2. The quantitative estimate of drug-likeness (QED) is 0.676. The molecule has 106 valence electrons. The molecule has 0 radical (unpaired) electrons. The fourth-order valence-electron chi connectivity index (χ4n) is 2.34. The maximum Gasteiger partial charge on any atom is 0.0346 e. The van der Waals surface area contributed by atoms with E-state index in [4.69, 9.17) is 0 Å². The Morgan fingerprint density at radius 2 is 1.52 bits per heavy atom. The van der Waals surface area contributed by atoms with Gasteiger partial charge in [-0.25, -0.2) is 0 Å². The van der Waals surface area contributed by atoms with E-state index in [9.17, 15) is 0 Å². The molecule has 0 aliphatic heterocycles. The van der Waals surface area contributed by atoms with Gasteiger partial charge in [-0.2, -0.15) is 0 Å². The zero-order chi connectivity index (χ0) is 14.5. The number of nitrogens with one attached hydrogen (secondary N) is 1. The van der Waals surface area contributed by atoms with Gasteiger partial charge in [0.1, 0.15) is 0 Å². The first kappa shape index (κ1) is 14.1. The van der Waals surface area contributed by atoms with Gasteiger partial charge in [-0.3, -0.25) is 0 Å². The van der Waals surface area contributed by atoms with Crippen molar-refractivity contribution in [3.8, 4) is 10.4 Å². The maximum atomic E-state index is 3.59. The first-order valence-corrected chi connectivity index (χ1v) is 8.07. The van der Waals surface area contributed by atoms with E-state index in [-0.39, 0.29) is 0 Å². The summed E-state index contributed by atoms with van der Waals surface area (Å²) >= 11 is 1.86. The molecular formula is C19H19NS. The highest BCUT2D eigenvalue weighted by molar-refractivity contribution is 7.15. The summed E-state index contributed by atoms with van der Waals surface area (Å²) in [5.41, 5.74) is 2.63. The number of rotatable bonds is 5. The zero-order valence-corrected chi connectivity index (χ0v) is 12.9. The van der Waals surface area contributed by atoms with Gasteiger partial charge in [0.25, 0.3) is 0 Å². The molecule has 1 aromatic heterocycles. The fraction of sp³-hybridized carbons (Fsp3) is 0.158. The van der Waals surface area contributed by atoms with Crippen LogP contribution in [0.4, 0.5) is 0 Å². The van der Waals surface area contributed by atoms with E-state index in [0.717, 1.165) is 6.54 Å². The zero-order valence-electron chi connectivity index (χ0n) is 12.1. The van der Waals surface area contributed by atoms with Crippen LogP contribution in [0.15, 0.2) is 72.8 Å². The van der Waals surface area contributed by atoms with E-state index in [0.29, 0.717) is 6.04 Å². The molecule has 2 aromatic carbocycles. The van der Waals surface area contributed by atoms with Gasteiger partial charge >= 0.3 is 0 Å². The molecule has 0 saturated carbocycles. The molecule has 1 atom stereocenters. The van der Waals surface area contributed by atoms with Gasteiger partial charge in [0.15, 0.2) is 0 Å². The third kappa shape index (κ3) is 3.60. The van der Waals surface area contributed by atoms with Crippen molar-refractivity contribution in [3.05, 3.63) is 83.2 Å². The van der Waals surface area contributed by atoms with Gasteiger partial charge in [0.2, 0.25) is 0 Å². The molecule has 1 N–H and O–H groups in total. The lowest BCUT2D eigenvalue weighted by molar-refractivity contribution is 0.579. The second-order valence-electron chi connectivity index (χ2n) is 5.15. The van der Waals surface area contributed by atoms with E-state index >= 15 is 0 Å². The van der Waals surface area contributed by atoms with Crippen molar-refractivity contribution in [2.24, 2.45) is 0 Å². The van der Waals surface area contributed by atoms with Crippen LogP contribution >= 0.6 is 11.3 Å². The van der Waals surface area contributed by atoms with Gasteiger partial charge in [-0.15, -0.1) is 11.3 Å². The summed E-state index contributed by atoms with van der Waals surface area (Å²) in [5, 5.41) is 3.59. The lowest BCUT2D eigenvalue weighted by atomic mass is 10.1. The maximum absolute atomic E-state index is 3.59. The van der Waals surface area contributed by atoms with Crippen LogP contribution in [0.1, 0.15) is 23.4 Å². The van der Waals surface area contributed by atoms with Crippen molar-refractivity contribution in [2.75, 3.05) is 0 Å². The first-order valence-electron chi connectivity index (χ1n) is 7.25. The monoisotopic (exact) mass is 293 g/mol. The van der Waals surface area contributed by atoms with Crippen LogP contribution in [0.2, 0.25) is 0 Å². The molecule has 21 heavy (non-hydrogen) atoms. The number of thiophene rings is 1. The molecule has 0 bridgehead atoms. The van der Waals surface area contributed by atoms with Crippen LogP contribution in [0.5, 0.6) is 0 Å². The largest absolute Gasteiger partial charge is 0.305 e. The SMILES string of the molecule is C[C@H](NCc1ccc(-c2ccccc2)s1)c1ccccc1. The summed E-state index contributed by atoms with van der Waals surface area (Å²) < 4.78 is 0. The minimum atomic E-state index is 0.369. The second kappa shape index (κ2) is 6.70. The Morgan fingerprint density at radius 3 is 2.24 bits per heavy atom. The summed E-state index contributed by atoms with van der Waals surface area (Å²) in [6.45, 7) is 3.12. The molecule has 0 spiro atoms. The molecule has 0 unspecified atom stereocenters. The summed E-state index contributed by atoms with van der Waals surface area (Å²) in [6.07, 6.45) is 0. The van der Waals surface area contributed by atoms with Crippen LogP contribution in [-0.2, 0) is 6.54 Å². The summed E-state index contributed by atoms with van der Waals surface area (Å²) in [4.78, 5) is 2.70. The Morgan fingerprint density at radius 1 is 0.857 bits per heavy atom.